The lowest BCUT2D eigenvalue weighted by Crippen LogP contribution is -2.38. The zero-order chi connectivity index (χ0) is 13.0. The van der Waals surface area contributed by atoms with Crippen molar-refractivity contribution in [3.63, 3.8) is 0 Å². The zero-order valence-corrected chi connectivity index (χ0v) is 13.1. The molecule has 0 saturated carbocycles. The van der Waals surface area contributed by atoms with Crippen LogP contribution in [0.4, 0.5) is 0 Å². The lowest BCUT2D eigenvalue weighted by Gasteiger charge is -2.20. The van der Waals surface area contributed by atoms with Crippen LogP contribution in [-0.2, 0) is 6.54 Å². The first-order chi connectivity index (χ1) is 8.66. The SMILES string of the molecule is Cc1nc(CN=C(N)N2CCCCCC2)sc1Br. The third-order valence-corrected chi connectivity index (χ3v) is 5.08. The van der Waals surface area contributed by atoms with Gasteiger partial charge in [-0.15, -0.1) is 11.3 Å². The van der Waals surface area contributed by atoms with Gasteiger partial charge >= 0.3 is 0 Å². The Morgan fingerprint density at radius 2 is 2.06 bits per heavy atom. The van der Waals surface area contributed by atoms with E-state index in [2.05, 4.69) is 30.8 Å². The van der Waals surface area contributed by atoms with Crippen LogP contribution in [0, 0.1) is 6.92 Å². The summed E-state index contributed by atoms with van der Waals surface area (Å²) in [7, 11) is 0. The number of aromatic nitrogens is 1. The molecule has 0 aromatic carbocycles. The van der Waals surface area contributed by atoms with Gasteiger partial charge in [-0.05, 0) is 35.7 Å². The summed E-state index contributed by atoms with van der Waals surface area (Å²) in [5.74, 6) is 0.667. The predicted molar refractivity (Wildman–Crippen MR) is 79.9 cm³/mol. The molecule has 0 unspecified atom stereocenters. The van der Waals surface area contributed by atoms with E-state index in [1.165, 1.54) is 25.7 Å². The largest absolute Gasteiger partial charge is 0.370 e. The van der Waals surface area contributed by atoms with Crippen LogP contribution < -0.4 is 5.73 Å². The van der Waals surface area contributed by atoms with Gasteiger partial charge in [0.15, 0.2) is 5.96 Å². The molecule has 2 rings (SSSR count). The molecule has 4 nitrogen and oxygen atoms in total. The molecule has 0 atom stereocenters. The van der Waals surface area contributed by atoms with Gasteiger partial charge in [-0.2, -0.15) is 0 Å². The van der Waals surface area contributed by atoms with Gasteiger partial charge in [-0.25, -0.2) is 9.98 Å². The number of nitrogens with zero attached hydrogens (tertiary/aromatic N) is 3. The fourth-order valence-corrected chi connectivity index (χ4v) is 3.41. The number of halogens is 1. The van der Waals surface area contributed by atoms with Gasteiger partial charge in [0.1, 0.15) is 5.01 Å². The molecule has 18 heavy (non-hydrogen) atoms. The minimum Gasteiger partial charge on any atom is -0.370 e. The second-order valence-corrected chi connectivity index (χ2v) is 6.94. The molecule has 2 heterocycles. The topological polar surface area (TPSA) is 54.5 Å². The van der Waals surface area contributed by atoms with Crippen molar-refractivity contribution in [2.24, 2.45) is 10.7 Å². The van der Waals surface area contributed by atoms with Crippen molar-refractivity contribution in [1.29, 1.82) is 0 Å². The fraction of sp³-hybridized carbons (Fsp3) is 0.667. The molecule has 1 fully saturated rings. The molecule has 0 radical (unpaired) electrons. The van der Waals surface area contributed by atoms with E-state index in [1.54, 1.807) is 11.3 Å². The predicted octanol–water partition coefficient (Wildman–Crippen LogP) is 2.90. The van der Waals surface area contributed by atoms with E-state index in [4.69, 9.17) is 5.73 Å². The molecule has 2 N–H and O–H groups in total. The minimum absolute atomic E-state index is 0.583. The van der Waals surface area contributed by atoms with E-state index in [9.17, 15) is 0 Å². The number of nitrogens with two attached hydrogens (primary N) is 1. The molecule has 0 aliphatic carbocycles. The smallest absolute Gasteiger partial charge is 0.191 e. The van der Waals surface area contributed by atoms with E-state index >= 15 is 0 Å². The molecule has 6 heteroatoms. The Balaban J connectivity index is 1.95. The molecule has 1 saturated heterocycles. The van der Waals surface area contributed by atoms with Gasteiger partial charge in [-0.1, -0.05) is 12.8 Å². The first-order valence-electron chi connectivity index (χ1n) is 6.33. The first kappa shape index (κ1) is 13.8. The Hall–Kier alpha value is -0.620. The highest BCUT2D eigenvalue weighted by Gasteiger charge is 2.11. The average molecular weight is 331 g/mol. The van der Waals surface area contributed by atoms with Crippen LogP contribution in [0.1, 0.15) is 36.4 Å². The average Bonchev–Trinajstić information content (AvgIpc) is 2.60. The summed E-state index contributed by atoms with van der Waals surface area (Å²) in [4.78, 5) is 11.1. The molecule has 1 aliphatic heterocycles. The summed E-state index contributed by atoms with van der Waals surface area (Å²) >= 11 is 5.11. The van der Waals surface area contributed by atoms with E-state index in [1.807, 2.05) is 6.92 Å². The number of hydrogen-bond acceptors (Lipinski definition) is 3. The summed E-state index contributed by atoms with van der Waals surface area (Å²) < 4.78 is 1.08. The quantitative estimate of drug-likeness (QED) is 0.670. The molecular weight excluding hydrogens is 312 g/mol. The van der Waals surface area contributed by atoms with E-state index in [0.717, 1.165) is 27.6 Å². The van der Waals surface area contributed by atoms with Gasteiger partial charge < -0.3 is 10.6 Å². The van der Waals surface area contributed by atoms with Crippen LogP contribution in [0.25, 0.3) is 0 Å². The minimum atomic E-state index is 0.583. The number of aliphatic imine (C=N–C) groups is 1. The Bertz CT molecular complexity index is 402. The molecule has 100 valence electrons. The highest BCUT2D eigenvalue weighted by Crippen LogP contribution is 2.24. The van der Waals surface area contributed by atoms with Gasteiger partial charge in [-0.3, -0.25) is 0 Å². The monoisotopic (exact) mass is 330 g/mol. The van der Waals surface area contributed by atoms with Crippen molar-refractivity contribution in [2.75, 3.05) is 13.1 Å². The Kier molecular flexibility index (Phi) is 5.00. The van der Waals surface area contributed by atoms with Crippen LogP contribution in [0.2, 0.25) is 0 Å². The van der Waals surface area contributed by atoms with Crippen LogP contribution in [0.15, 0.2) is 8.78 Å². The maximum atomic E-state index is 6.05. The van der Waals surface area contributed by atoms with Gasteiger partial charge in [0.05, 0.1) is 16.0 Å². The standard InChI is InChI=1S/C12H19BrN4S/c1-9-11(13)18-10(16-9)8-15-12(14)17-6-4-2-3-5-7-17/h2-8H2,1H3,(H2,14,15). The van der Waals surface area contributed by atoms with Crippen LogP contribution >= 0.6 is 27.3 Å². The van der Waals surface area contributed by atoms with E-state index in [-0.39, 0.29) is 0 Å². The lowest BCUT2D eigenvalue weighted by atomic mass is 10.2. The Morgan fingerprint density at radius 1 is 1.39 bits per heavy atom. The molecule has 1 aromatic heterocycles. The van der Waals surface area contributed by atoms with Gasteiger partial charge in [0.2, 0.25) is 0 Å². The van der Waals surface area contributed by atoms with Gasteiger partial charge in [0.25, 0.3) is 0 Å². The van der Waals surface area contributed by atoms with Crippen molar-refractivity contribution in [2.45, 2.75) is 39.2 Å². The highest BCUT2D eigenvalue weighted by molar-refractivity contribution is 9.11. The number of likely N-dealkylation sites (tertiary alicyclic amines) is 1. The summed E-state index contributed by atoms with van der Waals surface area (Å²) in [5.41, 5.74) is 7.08. The second-order valence-electron chi connectivity index (χ2n) is 4.54. The summed E-state index contributed by atoms with van der Waals surface area (Å²) in [6, 6.07) is 0. The number of guanidine groups is 1. The third-order valence-electron chi connectivity index (χ3n) is 3.09. The van der Waals surface area contributed by atoms with Crippen molar-refractivity contribution < 1.29 is 0 Å². The highest BCUT2D eigenvalue weighted by atomic mass is 79.9. The molecule has 0 spiro atoms. The second kappa shape index (κ2) is 6.52. The number of aryl methyl sites for hydroxylation is 1. The van der Waals surface area contributed by atoms with Crippen LogP contribution in [0.3, 0.4) is 0 Å². The van der Waals surface area contributed by atoms with Crippen molar-refractivity contribution in [1.82, 2.24) is 9.88 Å². The first-order valence-corrected chi connectivity index (χ1v) is 7.94. The normalized spacial score (nSPS) is 17.9. The Morgan fingerprint density at radius 3 is 2.61 bits per heavy atom. The van der Waals surface area contributed by atoms with Crippen LogP contribution in [0.5, 0.6) is 0 Å². The summed E-state index contributed by atoms with van der Waals surface area (Å²) in [5, 5.41) is 1.01. The number of thiazole rings is 1. The summed E-state index contributed by atoms with van der Waals surface area (Å²) in [6.45, 7) is 4.65. The number of rotatable bonds is 2. The molecule has 1 aromatic rings. The van der Waals surface area contributed by atoms with E-state index in [0.29, 0.717) is 12.5 Å². The van der Waals surface area contributed by atoms with Crippen molar-refractivity contribution in [3.05, 3.63) is 14.5 Å². The van der Waals surface area contributed by atoms with Gasteiger partial charge in [0, 0.05) is 13.1 Å². The van der Waals surface area contributed by atoms with Crippen LogP contribution in [-0.4, -0.2) is 28.9 Å². The molecular formula is C12H19BrN4S. The molecule has 0 amide bonds. The maximum absolute atomic E-state index is 6.05. The third kappa shape index (κ3) is 3.68. The molecule has 0 bridgehead atoms. The molecule has 1 aliphatic rings. The number of hydrogen-bond donors (Lipinski definition) is 1. The van der Waals surface area contributed by atoms with Crippen molar-refractivity contribution in [3.8, 4) is 0 Å². The summed E-state index contributed by atoms with van der Waals surface area (Å²) in [6.07, 6.45) is 5.06. The zero-order valence-electron chi connectivity index (χ0n) is 10.7. The van der Waals surface area contributed by atoms with Crippen molar-refractivity contribution >= 4 is 33.2 Å². The fourth-order valence-electron chi connectivity index (χ4n) is 2.05. The maximum Gasteiger partial charge on any atom is 0.191 e. The Labute approximate surface area is 120 Å². The lowest BCUT2D eigenvalue weighted by molar-refractivity contribution is 0.428. The van der Waals surface area contributed by atoms with E-state index < -0.39 is 0 Å².